The topological polar surface area (TPSA) is 87.5 Å². The molecule has 14 heavy (non-hydrogen) atoms. The van der Waals surface area contributed by atoms with Crippen LogP contribution in [0.1, 0.15) is 10.4 Å². The van der Waals surface area contributed by atoms with Crippen molar-refractivity contribution >= 4 is 29.9 Å². The van der Waals surface area contributed by atoms with Gasteiger partial charge in [0, 0.05) is 0 Å². The molecule has 1 unspecified atom stereocenters. The Bertz CT molecular complexity index is 379. The van der Waals surface area contributed by atoms with Gasteiger partial charge in [0.25, 0.3) is 0 Å². The zero-order valence-corrected chi connectivity index (χ0v) is 9.21. The predicted octanol–water partition coefficient (Wildman–Crippen LogP) is 0.371. The average Bonchev–Trinajstić information content (AvgIpc) is 2.16. The van der Waals surface area contributed by atoms with Crippen LogP contribution in [0.3, 0.4) is 0 Å². The quantitative estimate of drug-likeness (QED) is 0.764. The Hall–Kier alpha value is -1.35. The number of carboxylic acid groups (broad SMARTS) is 2. The molecule has 0 radical (unpaired) electrons. The van der Waals surface area contributed by atoms with Crippen LogP contribution >= 0.6 is 0 Å². The van der Waals surface area contributed by atoms with Crippen LogP contribution in [0.4, 0.5) is 4.79 Å². The Balaban J connectivity index is 3.19. The van der Waals surface area contributed by atoms with E-state index in [1.54, 1.807) is 5.71 Å². The minimum atomic E-state index is -2.37. The molecule has 5 nitrogen and oxygen atoms in total. The second kappa shape index (κ2) is 4.24. The minimum absolute atomic E-state index is 0.00241. The molecule has 0 saturated heterocycles. The fourth-order valence-electron chi connectivity index (χ4n) is 0.922. The molecule has 1 heterocycles. The summed E-state index contributed by atoms with van der Waals surface area (Å²) in [7, 11) is 0. The van der Waals surface area contributed by atoms with E-state index >= 15 is 0 Å². The van der Waals surface area contributed by atoms with Crippen LogP contribution in [0.5, 0.6) is 0 Å². The van der Waals surface area contributed by atoms with Crippen molar-refractivity contribution in [2.45, 2.75) is 5.71 Å². The molecule has 0 bridgehead atoms. The predicted molar refractivity (Wildman–Crippen MR) is 50.5 cm³/mol. The third-order valence-electron chi connectivity index (χ3n) is 1.62. The molecule has 0 aliphatic carbocycles. The van der Waals surface area contributed by atoms with Crippen molar-refractivity contribution in [3.8, 4) is 0 Å². The summed E-state index contributed by atoms with van der Waals surface area (Å²) >= 11 is -2.37. The fourth-order valence-corrected chi connectivity index (χ4v) is 2.92. The van der Waals surface area contributed by atoms with Crippen LogP contribution in [0.15, 0.2) is 18.3 Å². The van der Waals surface area contributed by atoms with E-state index in [-0.39, 0.29) is 10.0 Å². The molecular weight excluding hydrogens is 249 g/mol. The molecular formula is C8H8AsNO4. The van der Waals surface area contributed by atoms with E-state index < -0.39 is 25.4 Å². The summed E-state index contributed by atoms with van der Waals surface area (Å²) in [5, 5.41) is 17.6. The van der Waals surface area contributed by atoms with Gasteiger partial charge in [-0.05, 0) is 0 Å². The molecule has 2 N–H and O–H groups in total. The Labute approximate surface area is 84.7 Å². The standard InChI is InChI=1S/C8H8AsNO4/c1-9(8(13)14)6-5(7(11)12)3-2-4-10-6/h2-4H,1H3,(H,11,12)(H,13,14). The molecule has 74 valence electrons. The van der Waals surface area contributed by atoms with Gasteiger partial charge in [0.2, 0.25) is 0 Å². The number of aromatic carboxylic acids is 1. The number of aromatic nitrogens is 1. The van der Waals surface area contributed by atoms with Crippen molar-refractivity contribution in [1.82, 2.24) is 4.98 Å². The Morgan fingerprint density at radius 3 is 2.57 bits per heavy atom. The van der Waals surface area contributed by atoms with Crippen LogP contribution in [-0.2, 0) is 0 Å². The summed E-state index contributed by atoms with van der Waals surface area (Å²) in [4.78, 5) is 25.3. The van der Waals surface area contributed by atoms with Gasteiger partial charge in [-0.1, -0.05) is 0 Å². The maximum atomic E-state index is 10.7. The molecule has 1 atom stereocenters. The van der Waals surface area contributed by atoms with Gasteiger partial charge in [0.15, 0.2) is 0 Å². The van der Waals surface area contributed by atoms with E-state index in [1.165, 1.54) is 18.3 Å². The summed E-state index contributed by atoms with van der Waals surface area (Å²) in [6.45, 7) is 0. The van der Waals surface area contributed by atoms with Gasteiger partial charge in [-0.2, -0.15) is 0 Å². The molecule has 0 aliphatic heterocycles. The van der Waals surface area contributed by atoms with Gasteiger partial charge < -0.3 is 0 Å². The van der Waals surface area contributed by atoms with E-state index in [1.807, 2.05) is 0 Å². The first-order valence-corrected chi connectivity index (χ1v) is 7.44. The summed E-state index contributed by atoms with van der Waals surface area (Å²) in [5.41, 5.74) is 1.54. The molecule has 1 rings (SSSR count). The number of carboxylic acids is 1. The van der Waals surface area contributed by atoms with Crippen LogP contribution in [0, 0.1) is 0 Å². The summed E-state index contributed by atoms with van der Waals surface area (Å²) in [6, 6.07) is 2.86. The van der Waals surface area contributed by atoms with E-state index in [0.717, 1.165) is 0 Å². The van der Waals surface area contributed by atoms with Crippen molar-refractivity contribution in [3.05, 3.63) is 23.9 Å². The van der Waals surface area contributed by atoms with Gasteiger partial charge in [-0.25, -0.2) is 0 Å². The van der Waals surface area contributed by atoms with Crippen molar-refractivity contribution in [1.29, 1.82) is 0 Å². The Kier molecular flexibility index (Phi) is 3.25. The first-order valence-electron chi connectivity index (χ1n) is 3.69. The number of pyridine rings is 1. The molecule has 1 aromatic heterocycles. The summed E-state index contributed by atoms with van der Waals surface area (Å²) in [5.74, 6) is -1.13. The molecule has 1 aromatic rings. The molecule has 0 saturated carbocycles. The van der Waals surface area contributed by atoms with E-state index in [0.29, 0.717) is 0 Å². The van der Waals surface area contributed by atoms with Crippen LogP contribution in [-0.4, -0.2) is 40.6 Å². The Morgan fingerprint density at radius 1 is 1.43 bits per heavy atom. The maximum absolute atomic E-state index is 10.7. The molecule has 6 heteroatoms. The number of rotatable bonds is 3. The van der Waals surface area contributed by atoms with E-state index in [9.17, 15) is 9.59 Å². The van der Waals surface area contributed by atoms with Crippen molar-refractivity contribution in [3.63, 3.8) is 0 Å². The normalized spacial score (nSPS) is 12.1. The molecule has 0 fully saturated rings. The summed E-state index contributed by atoms with van der Waals surface area (Å²) < 4.78 is -0.723. The Morgan fingerprint density at radius 2 is 2.07 bits per heavy atom. The first kappa shape index (κ1) is 10.7. The fraction of sp³-hybridized carbons (Fsp3) is 0.125. The summed E-state index contributed by atoms with van der Waals surface area (Å²) in [6.07, 6.45) is 1.41. The zero-order valence-electron chi connectivity index (χ0n) is 7.34. The van der Waals surface area contributed by atoms with Crippen molar-refractivity contribution in [2.75, 3.05) is 0 Å². The van der Waals surface area contributed by atoms with Crippen LogP contribution < -0.4 is 4.48 Å². The number of nitrogens with zero attached hydrogens (tertiary/aromatic N) is 1. The monoisotopic (exact) mass is 257 g/mol. The average molecular weight is 257 g/mol. The second-order valence-electron chi connectivity index (χ2n) is 2.52. The van der Waals surface area contributed by atoms with Crippen molar-refractivity contribution < 1.29 is 19.8 Å². The molecule has 0 spiro atoms. The first-order chi connectivity index (χ1) is 6.54. The van der Waals surface area contributed by atoms with Gasteiger partial charge in [-0.15, -0.1) is 0 Å². The second-order valence-corrected chi connectivity index (χ2v) is 6.56. The van der Waals surface area contributed by atoms with Crippen molar-refractivity contribution in [2.24, 2.45) is 0 Å². The van der Waals surface area contributed by atoms with Gasteiger partial charge >= 0.3 is 84.3 Å². The van der Waals surface area contributed by atoms with E-state index in [4.69, 9.17) is 10.2 Å². The van der Waals surface area contributed by atoms with Gasteiger partial charge in [0.05, 0.1) is 0 Å². The third-order valence-corrected chi connectivity index (χ3v) is 4.91. The number of hydrogen-bond donors (Lipinski definition) is 2. The number of hydrogen-bond acceptors (Lipinski definition) is 3. The SMILES string of the molecule is C[As](C(=O)O)c1ncccc1C(=O)O. The molecule has 0 aromatic carbocycles. The third kappa shape index (κ3) is 2.12. The zero-order chi connectivity index (χ0) is 10.7. The number of carbonyl (C=O) groups is 2. The van der Waals surface area contributed by atoms with Crippen LogP contribution in [0.2, 0.25) is 5.71 Å². The van der Waals surface area contributed by atoms with Crippen LogP contribution in [0.25, 0.3) is 0 Å². The van der Waals surface area contributed by atoms with Gasteiger partial charge in [0.1, 0.15) is 0 Å². The van der Waals surface area contributed by atoms with Gasteiger partial charge in [-0.3, -0.25) is 0 Å². The van der Waals surface area contributed by atoms with E-state index in [2.05, 4.69) is 4.98 Å². The molecule has 0 amide bonds. The molecule has 0 aliphatic rings.